The minimum atomic E-state index is 0.287. The molecule has 2 nitrogen and oxygen atoms in total. The molecule has 2 aliphatic rings. The lowest BCUT2D eigenvalue weighted by Gasteiger charge is -2.39. The number of rotatable bonds is 1. The summed E-state index contributed by atoms with van der Waals surface area (Å²) in [4.78, 5) is 13.6. The van der Waals surface area contributed by atoms with Gasteiger partial charge in [-0.2, -0.15) is 0 Å². The number of nitrogens with zero attached hydrogens (tertiary/aromatic N) is 1. The van der Waals surface area contributed by atoms with Gasteiger partial charge >= 0.3 is 0 Å². The Bertz CT molecular complexity index is 267. The van der Waals surface area contributed by atoms with E-state index in [1.807, 2.05) is 17.1 Å². The van der Waals surface area contributed by atoms with Gasteiger partial charge in [-0.05, 0) is 24.8 Å². The van der Waals surface area contributed by atoms with Gasteiger partial charge in [0.05, 0.1) is 6.04 Å². The second-order valence-corrected chi connectivity index (χ2v) is 3.71. The van der Waals surface area contributed by atoms with Gasteiger partial charge in [-0.3, -0.25) is 4.79 Å². The molecule has 13 heavy (non-hydrogen) atoms. The van der Waals surface area contributed by atoms with Crippen LogP contribution >= 0.6 is 0 Å². The molecule has 1 atom stereocenters. The molecule has 2 heterocycles. The SMILES string of the molecule is C=CC1=CCC(=O)N2CCCCC12. The first-order chi connectivity index (χ1) is 6.33. The average Bonchev–Trinajstić information content (AvgIpc) is 2.19. The molecular weight excluding hydrogens is 162 g/mol. The van der Waals surface area contributed by atoms with Crippen molar-refractivity contribution in [2.75, 3.05) is 6.54 Å². The number of fused-ring (bicyclic) bond motifs is 1. The summed E-state index contributed by atoms with van der Waals surface area (Å²) in [7, 11) is 0. The summed E-state index contributed by atoms with van der Waals surface area (Å²) in [5.74, 6) is 0.287. The molecular formula is C11H15NO. The van der Waals surface area contributed by atoms with Crippen LogP contribution in [0.2, 0.25) is 0 Å². The first-order valence-corrected chi connectivity index (χ1v) is 4.95. The van der Waals surface area contributed by atoms with Crippen LogP contribution < -0.4 is 0 Å². The van der Waals surface area contributed by atoms with E-state index >= 15 is 0 Å². The van der Waals surface area contributed by atoms with E-state index < -0.39 is 0 Å². The van der Waals surface area contributed by atoms with Gasteiger partial charge in [-0.1, -0.05) is 18.7 Å². The van der Waals surface area contributed by atoms with Crippen LogP contribution in [0, 0.1) is 0 Å². The first kappa shape index (κ1) is 8.54. The predicted octanol–water partition coefficient (Wildman–Crippen LogP) is 1.88. The van der Waals surface area contributed by atoms with Gasteiger partial charge in [-0.15, -0.1) is 0 Å². The molecule has 70 valence electrons. The van der Waals surface area contributed by atoms with Crippen molar-refractivity contribution < 1.29 is 4.79 Å². The molecule has 1 fully saturated rings. The number of hydrogen-bond acceptors (Lipinski definition) is 1. The van der Waals surface area contributed by atoms with Crippen LogP contribution in [-0.4, -0.2) is 23.4 Å². The lowest BCUT2D eigenvalue weighted by Crippen LogP contribution is -2.46. The summed E-state index contributed by atoms with van der Waals surface area (Å²) in [5, 5.41) is 0. The Kier molecular flexibility index (Phi) is 2.21. The van der Waals surface area contributed by atoms with Gasteiger partial charge < -0.3 is 4.90 Å². The first-order valence-electron chi connectivity index (χ1n) is 4.95. The third-order valence-corrected chi connectivity index (χ3v) is 2.96. The second kappa shape index (κ2) is 3.36. The van der Waals surface area contributed by atoms with E-state index in [0.29, 0.717) is 12.5 Å². The van der Waals surface area contributed by atoms with Gasteiger partial charge in [0.2, 0.25) is 5.91 Å². The molecule has 1 saturated heterocycles. The molecule has 0 aromatic heterocycles. The summed E-state index contributed by atoms with van der Waals surface area (Å²) in [5.41, 5.74) is 1.25. The molecule has 0 aromatic rings. The molecule has 2 aliphatic heterocycles. The average molecular weight is 177 g/mol. The normalized spacial score (nSPS) is 28.0. The Balaban J connectivity index is 2.25. The largest absolute Gasteiger partial charge is 0.335 e. The van der Waals surface area contributed by atoms with E-state index in [9.17, 15) is 4.79 Å². The van der Waals surface area contributed by atoms with E-state index in [-0.39, 0.29) is 5.91 Å². The van der Waals surface area contributed by atoms with Crippen molar-refractivity contribution in [3.63, 3.8) is 0 Å². The highest BCUT2D eigenvalue weighted by molar-refractivity contribution is 5.80. The fraction of sp³-hybridized carbons (Fsp3) is 0.545. The van der Waals surface area contributed by atoms with E-state index in [0.717, 1.165) is 19.4 Å². The minimum Gasteiger partial charge on any atom is -0.335 e. The van der Waals surface area contributed by atoms with Crippen molar-refractivity contribution >= 4 is 5.91 Å². The topological polar surface area (TPSA) is 20.3 Å². The van der Waals surface area contributed by atoms with Gasteiger partial charge in [0.15, 0.2) is 0 Å². The van der Waals surface area contributed by atoms with Crippen molar-refractivity contribution in [1.29, 1.82) is 0 Å². The van der Waals surface area contributed by atoms with E-state index in [2.05, 4.69) is 6.58 Å². The van der Waals surface area contributed by atoms with Gasteiger partial charge in [0.1, 0.15) is 0 Å². The molecule has 1 unspecified atom stereocenters. The van der Waals surface area contributed by atoms with Crippen molar-refractivity contribution in [2.45, 2.75) is 31.7 Å². The smallest absolute Gasteiger partial charge is 0.226 e. The van der Waals surface area contributed by atoms with Crippen LogP contribution in [-0.2, 0) is 4.79 Å². The third-order valence-electron chi connectivity index (χ3n) is 2.96. The standard InChI is InChI=1S/C11H15NO/c1-2-9-6-7-11(13)12-8-4-3-5-10(9)12/h2,6,10H,1,3-5,7-8H2. The number of carbonyl (C=O) groups is 1. The minimum absolute atomic E-state index is 0.287. The highest BCUT2D eigenvalue weighted by atomic mass is 16.2. The van der Waals surface area contributed by atoms with E-state index in [1.54, 1.807) is 0 Å². The van der Waals surface area contributed by atoms with Crippen molar-refractivity contribution in [3.05, 3.63) is 24.3 Å². The zero-order valence-corrected chi connectivity index (χ0v) is 7.83. The fourth-order valence-electron chi connectivity index (χ4n) is 2.25. The summed E-state index contributed by atoms with van der Waals surface area (Å²) in [6, 6.07) is 0.340. The molecule has 0 radical (unpaired) electrons. The van der Waals surface area contributed by atoms with Crippen molar-refractivity contribution in [3.8, 4) is 0 Å². The van der Waals surface area contributed by atoms with Crippen LogP contribution in [0.1, 0.15) is 25.7 Å². The van der Waals surface area contributed by atoms with Crippen LogP contribution in [0.5, 0.6) is 0 Å². The van der Waals surface area contributed by atoms with Crippen LogP contribution in [0.25, 0.3) is 0 Å². The van der Waals surface area contributed by atoms with Crippen LogP contribution in [0.4, 0.5) is 0 Å². The maximum Gasteiger partial charge on any atom is 0.226 e. The van der Waals surface area contributed by atoms with Gasteiger partial charge in [0.25, 0.3) is 0 Å². The van der Waals surface area contributed by atoms with Crippen LogP contribution in [0.15, 0.2) is 24.3 Å². The third kappa shape index (κ3) is 1.41. The molecule has 0 spiro atoms. The molecule has 2 heteroatoms. The summed E-state index contributed by atoms with van der Waals surface area (Å²) in [6.45, 7) is 4.73. The molecule has 0 saturated carbocycles. The summed E-state index contributed by atoms with van der Waals surface area (Å²) in [6.07, 6.45) is 8.00. The number of hydrogen-bond donors (Lipinski definition) is 0. The fourth-order valence-corrected chi connectivity index (χ4v) is 2.25. The molecule has 1 amide bonds. The number of carbonyl (C=O) groups excluding carboxylic acids is 1. The zero-order valence-electron chi connectivity index (χ0n) is 7.83. The number of piperidine rings is 1. The van der Waals surface area contributed by atoms with E-state index in [4.69, 9.17) is 0 Å². The maximum atomic E-state index is 11.5. The summed E-state index contributed by atoms with van der Waals surface area (Å²) < 4.78 is 0. The Labute approximate surface area is 78.9 Å². The highest BCUT2D eigenvalue weighted by Crippen LogP contribution is 2.27. The number of amides is 1. The van der Waals surface area contributed by atoms with Crippen LogP contribution in [0.3, 0.4) is 0 Å². The van der Waals surface area contributed by atoms with Gasteiger partial charge in [0, 0.05) is 13.0 Å². The van der Waals surface area contributed by atoms with Gasteiger partial charge in [-0.25, -0.2) is 0 Å². The van der Waals surface area contributed by atoms with Crippen molar-refractivity contribution in [2.24, 2.45) is 0 Å². The molecule has 2 rings (SSSR count). The quantitative estimate of drug-likeness (QED) is 0.599. The second-order valence-electron chi connectivity index (χ2n) is 3.71. The maximum absolute atomic E-state index is 11.5. The summed E-state index contributed by atoms with van der Waals surface area (Å²) >= 11 is 0. The Hall–Kier alpha value is -1.05. The highest BCUT2D eigenvalue weighted by Gasteiger charge is 2.30. The lowest BCUT2D eigenvalue weighted by atomic mass is 9.91. The molecule has 0 bridgehead atoms. The van der Waals surface area contributed by atoms with E-state index in [1.165, 1.54) is 12.0 Å². The Morgan fingerprint density at radius 1 is 1.54 bits per heavy atom. The monoisotopic (exact) mass is 177 g/mol. The Morgan fingerprint density at radius 2 is 2.38 bits per heavy atom. The molecule has 0 N–H and O–H groups in total. The lowest BCUT2D eigenvalue weighted by molar-refractivity contribution is -0.133. The van der Waals surface area contributed by atoms with Crippen molar-refractivity contribution in [1.82, 2.24) is 4.90 Å². The predicted molar refractivity (Wildman–Crippen MR) is 52.2 cm³/mol. The Morgan fingerprint density at radius 3 is 3.15 bits per heavy atom. The molecule has 0 aromatic carbocycles. The zero-order chi connectivity index (χ0) is 9.26. The molecule has 0 aliphatic carbocycles.